The van der Waals surface area contributed by atoms with Crippen molar-refractivity contribution in [2.75, 3.05) is 25.5 Å². The topological polar surface area (TPSA) is 50.4 Å². The van der Waals surface area contributed by atoms with Gasteiger partial charge in [-0.25, -0.2) is 0 Å². The fourth-order valence-corrected chi connectivity index (χ4v) is 2.73. The van der Waals surface area contributed by atoms with E-state index in [2.05, 4.69) is 32.6 Å². The van der Waals surface area contributed by atoms with E-state index < -0.39 is 0 Å². The van der Waals surface area contributed by atoms with Gasteiger partial charge in [-0.2, -0.15) is 0 Å². The molecule has 2 aromatic carbocycles. The Morgan fingerprint density at radius 3 is 2.71 bits per heavy atom. The van der Waals surface area contributed by atoms with Crippen LogP contribution in [0.5, 0.6) is 5.75 Å². The number of methoxy groups -OCH3 is 1. The fraction of sp³-hybridized carbons (Fsp3) is 0.316. The molecule has 0 saturated heterocycles. The molecule has 4 nitrogen and oxygen atoms in total. The van der Waals surface area contributed by atoms with E-state index >= 15 is 0 Å². The maximum Gasteiger partial charge on any atom is 0.225 e. The SMILES string of the molecule is COc1ccccc1CCNCCC(=O)Nc1ccc(C)c(Br)c1. The number of benzene rings is 2. The minimum absolute atomic E-state index is 0.00976. The Labute approximate surface area is 151 Å². The molecule has 0 aliphatic carbocycles. The van der Waals surface area contributed by atoms with Crippen LogP contribution in [-0.2, 0) is 11.2 Å². The maximum absolute atomic E-state index is 12.0. The highest BCUT2D eigenvalue weighted by Gasteiger charge is 2.04. The van der Waals surface area contributed by atoms with Crippen LogP contribution in [-0.4, -0.2) is 26.1 Å². The molecule has 128 valence electrons. The number of nitrogens with one attached hydrogen (secondary N) is 2. The van der Waals surface area contributed by atoms with Crippen molar-refractivity contribution in [3.63, 3.8) is 0 Å². The van der Waals surface area contributed by atoms with Crippen molar-refractivity contribution in [3.8, 4) is 5.75 Å². The van der Waals surface area contributed by atoms with Gasteiger partial charge in [-0.1, -0.05) is 40.2 Å². The van der Waals surface area contributed by atoms with Crippen molar-refractivity contribution in [3.05, 3.63) is 58.1 Å². The summed E-state index contributed by atoms with van der Waals surface area (Å²) in [6, 6.07) is 13.8. The normalized spacial score (nSPS) is 10.5. The highest BCUT2D eigenvalue weighted by atomic mass is 79.9. The highest BCUT2D eigenvalue weighted by Crippen LogP contribution is 2.20. The second kappa shape index (κ2) is 9.45. The lowest BCUT2D eigenvalue weighted by Gasteiger charge is -2.09. The molecule has 0 aromatic heterocycles. The third-order valence-corrected chi connectivity index (χ3v) is 4.60. The van der Waals surface area contributed by atoms with Gasteiger partial charge in [0.15, 0.2) is 0 Å². The van der Waals surface area contributed by atoms with Crippen molar-refractivity contribution in [1.82, 2.24) is 5.32 Å². The van der Waals surface area contributed by atoms with Gasteiger partial charge in [0.1, 0.15) is 5.75 Å². The Balaban J connectivity index is 1.68. The summed E-state index contributed by atoms with van der Waals surface area (Å²) in [5.41, 5.74) is 3.12. The van der Waals surface area contributed by atoms with Crippen LogP contribution in [0.25, 0.3) is 0 Å². The Hall–Kier alpha value is -1.85. The van der Waals surface area contributed by atoms with Crippen LogP contribution in [0, 0.1) is 6.92 Å². The van der Waals surface area contributed by atoms with Crippen LogP contribution >= 0.6 is 15.9 Å². The van der Waals surface area contributed by atoms with Crippen LogP contribution in [0.15, 0.2) is 46.9 Å². The maximum atomic E-state index is 12.0. The van der Waals surface area contributed by atoms with Gasteiger partial charge in [-0.3, -0.25) is 4.79 Å². The minimum atomic E-state index is 0.00976. The highest BCUT2D eigenvalue weighted by molar-refractivity contribution is 9.10. The summed E-state index contributed by atoms with van der Waals surface area (Å²) in [5.74, 6) is 0.914. The first-order valence-electron chi connectivity index (χ1n) is 7.99. The average molecular weight is 391 g/mol. The van der Waals surface area contributed by atoms with Crippen molar-refractivity contribution in [2.45, 2.75) is 19.8 Å². The lowest BCUT2D eigenvalue weighted by atomic mass is 10.1. The molecule has 0 heterocycles. The molecule has 0 aliphatic heterocycles. The van der Waals surface area contributed by atoms with Gasteiger partial charge in [0, 0.05) is 23.1 Å². The van der Waals surface area contributed by atoms with Gasteiger partial charge < -0.3 is 15.4 Å². The lowest BCUT2D eigenvalue weighted by Crippen LogP contribution is -2.23. The minimum Gasteiger partial charge on any atom is -0.496 e. The number of hydrogen-bond donors (Lipinski definition) is 2. The Bertz CT molecular complexity index is 689. The Kier molecular flexibility index (Phi) is 7.28. The Morgan fingerprint density at radius 2 is 1.96 bits per heavy atom. The summed E-state index contributed by atoms with van der Waals surface area (Å²) in [5, 5.41) is 6.20. The van der Waals surface area contributed by atoms with Crippen LogP contribution < -0.4 is 15.4 Å². The molecule has 0 bridgehead atoms. The summed E-state index contributed by atoms with van der Waals surface area (Å²) in [4.78, 5) is 12.0. The van der Waals surface area contributed by atoms with Gasteiger partial charge >= 0.3 is 0 Å². The monoisotopic (exact) mass is 390 g/mol. The van der Waals surface area contributed by atoms with Crippen LogP contribution in [0.4, 0.5) is 5.69 Å². The van der Waals surface area contributed by atoms with E-state index in [1.807, 2.05) is 43.3 Å². The number of halogens is 1. The molecular weight excluding hydrogens is 368 g/mol. The van der Waals surface area contributed by atoms with Gasteiger partial charge in [0.05, 0.1) is 7.11 Å². The molecule has 5 heteroatoms. The van der Waals surface area contributed by atoms with Crippen molar-refractivity contribution >= 4 is 27.5 Å². The number of anilines is 1. The van der Waals surface area contributed by atoms with Crippen molar-refractivity contribution < 1.29 is 9.53 Å². The number of rotatable bonds is 8. The second-order valence-electron chi connectivity index (χ2n) is 5.57. The molecule has 0 atom stereocenters. The number of hydrogen-bond acceptors (Lipinski definition) is 3. The van der Waals surface area contributed by atoms with E-state index in [0.29, 0.717) is 13.0 Å². The predicted molar refractivity (Wildman–Crippen MR) is 102 cm³/mol. The zero-order valence-corrected chi connectivity index (χ0v) is 15.7. The third-order valence-electron chi connectivity index (χ3n) is 3.75. The first-order valence-corrected chi connectivity index (χ1v) is 8.78. The van der Waals surface area contributed by atoms with Gasteiger partial charge in [-0.15, -0.1) is 0 Å². The van der Waals surface area contributed by atoms with Gasteiger partial charge in [0.25, 0.3) is 0 Å². The van der Waals surface area contributed by atoms with E-state index in [1.54, 1.807) is 7.11 Å². The molecule has 0 radical (unpaired) electrons. The van der Waals surface area contributed by atoms with Crippen LogP contribution in [0.1, 0.15) is 17.5 Å². The molecule has 0 fully saturated rings. The number of carbonyl (C=O) groups is 1. The van der Waals surface area contributed by atoms with Crippen LogP contribution in [0.3, 0.4) is 0 Å². The standard InChI is InChI=1S/C19H23BrN2O2/c1-14-7-8-16(13-17(14)20)22-19(23)10-12-21-11-9-15-5-3-4-6-18(15)24-2/h3-8,13,21H,9-12H2,1-2H3,(H,22,23). The van der Waals surface area contributed by atoms with E-state index in [-0.39, 0.29) is 5.91 Å². The number of aryl methyl sites for hydroxylation is 1. The van der Waals surface area contributed by atoms with Crippen molar-refractivity contribution in [2.24, 2.45) is 0 Å². The van der Waals surface area contributed by atoms with Gasteiger partial charge in [-0.05, 0) is 49.2 Å². The first-order chi connectivity index (χ1) is 11.6. The number of carbonyl (C=O) groups excluding carboxylic acids is 1. The lowest BCUT2D eigenvalue weighted by molar-refractivity contribution is -0.116. The van der Waals surface area contributed by atoms with Crippen molar-refractivity contribution in [1.29, 1.82) is 0 Å². The number of ether oxygens (including phenoxy) is 1. The summed E-state index contributed by atoms with van der Waals surface area (Å²) >= 11 is 3.47. The summed E-state index contributed by atoms with van der Waals surface area (Å²) < 4.78 is 6.32. The molecule has 2 rings (SSSR count). The molecule has 1 amide bonds. The fourth-order valence-electron chi connectivity index (χ4n) is 2.35. The number of para-hydroxylation sites is 1. The summed E-state index contributed by atoms with van der Waals surface area (Å²) in [6.45, 7) is 3.47. The molecular formula is C19H23BrN2O2. The molecule has 0 unspecified atom stereocenters. The summed E-state index contributed by atoms with van der Waals surface area (Å²) in [7, 11) is 1.68. The van der Waals surface area contributed by atoms with E-state index in [9.17, 15) is 4.79 Å². The quantitative estimate of drug-likeness (QED) is 0.671. The molecule has 24 heavy (non-hydrogen) atoms. The molecule has 2 aromatic rings. The van der Waals surface area contributed by atoms with Gasteiger partial charge in [0.2, 0.25) is 5.91 Å². The third kappa shape index (κ3) is 5.65. The van der Waals surface area contributed by atoms with E-state index in [1.165, 1.54) is 5.56 Å². The second-order valence-corrected chi connectivity index (χ2v) is 6.43. The Morgan fingerprint density at radius 1 is 1.17 bits per heavy atom. The summed E-state index contributed by atoms with van der Waals surface area (Å²) in [6.07, 6.45) is 1.31. The molecule has 2 N–H and O–H groups in total. The predicted octanol–water partition coefficient (Wildman–Crippen LogP) is 3.93. The largest absolute Gasteiger partial charge is 0.496 e. The molecule has 0 saturated carbocycles. The zero-order valence-electron chi connectivity index (χ0n) is 14.1. The molecule has 0 spiro atoms. The number of amides is 1. The van der Waals surface area contributed by atoms with E-state index in [4.69, 9.17) is 4.74 Å². The van der Waals surface area contributed by atoms with E-state index in [0.717, 1.165) is 34.4 Å². The first kappa shape index (κ1) is 18.5. The molecule has 0 aliphatic rings. The zero-order chi connectivity index (χ0) is 17.4. The average Bonchev–Trinajstić information content (AvgIpc) is 2.58. The van der Waals surface area contributed by atoms with Crippen LogP contribution in [0.2, 0.25) is 0 Å². The smallest absolute Gasteiger partial charge is 0.225 e.